The van der Waals surface area contributed by atoms with Crippen molar-refractivity contribution in [2.75, 3.05) is 11.9 Å². The minimum Gasteiger partial charge on any atom is -0.469 e. The molecule has 0 saturated carbocycles. The van der Waals surface area contributed by atoms with E-state index in [1.807, 2.05) is 36.4 Å². The van der Waals surface area contributed by atoms with E-state index in [4.69, 9.17) is 4.42 Å². The van der Waals surface area contributed by atoms with Gasteiger partial charge >= 0.3 is 0 Å². The van der Waals surface area contributed by atoms with Gasteiger partial charge in [-0.3, -0.25) is 14.9 Å². The van der Waals surface area contributed by atoms with Crippen LogP contribution in [0.4, 0.5) is 17.1 Å². The molecule has 0 fully saturated rings. The summed E-state index contributed by atoms with van der Waals surface area (Å²) in [7, 11) is 1.74. The summed E-state index contributed by atoms with van der Waals surface area (Å²) < 4.78 is 5.11. The molecule has 3 rings (SSSR count). The Morgan fingerprint density at radius 1 is 1.21 bits per heavy atom. The number of Topliss-reactive ketones (excluding diaryl/α,β-unsaturated/α-hetero) is 1. The predicted molar refractivity (Wildman–Crippen MR) is 109 cm³/mol. The van der Waals surface area contributed by atoms with Gasteiger partial charge in [0.05, 0.1) is 16.7 Å². The van der Waals surface area contributed by atoms with Crippen LogP contribution in [0.5, 0.6) is 0 Å². The number of furan rings is 1. The fourth-order valence-electron chi connectivity index (χ4n) is 2.93. The number of carbonyl (C=O) groups excluding carboxylic acids is 1. The molecule has 1 aromatic heterocycles. The van der Waals surface area contributed by atoms with E-state index in [1.165, 1.54) is 24.5 Å². The number of nitrogens with zero attached hydrogens (tertiary/aromatic N) is 3. The molecule has 29 heavy (non-hydrogen) atoms. The molecule has 144 valence electrons. The van der Waals surface area contributed by atoms with E-state index in [9.17, 15) is 20.2 Å². The van der Waals surface area contributed by atoms with Crippen LogP contribution >= 0.6 is 0 Å². The third-order valence-electron chi connectivity index (χ3n) is 4.48. The van der Waals surface area contributed by atoms with Gasteiger partial charge in [0.2, 0.25) is 5.78 Å². The van der Waals surface area contributed by atoms with Gasteiger partial charge in [0, 0.05) is 18.8 Å². The van der Waals surface area contributed by atoms with Gasteiger partial charge in [0.1, 0.15) is 23.1 Å². The Bertz CT molecular complexity index is 1140. The van der Waals surface area contributed by atoms with Crippen molar-refractivity contribution in [3.8, 4) is 6.07 Å². The van der Waals surface area contributed by atoms with Gasteiger partial charge in [0.25, 0.3) is 5.69 Å². The lowest BCUT2D eigenvalue weighted by Crippen LogP contribution is -2.11. The normalized spacial score (nSPS) is 11.0. The molecule has 0 unspecified atom stereocenters. The van der Waals surface area contributed by atoms with Crippen LogP contribution in [0.15, 0.2) is 70.9 Å². The molecular formula is C22H17N3O4. The maximum Gasteiger partial charge on any atom is 0.293 e. The Morgan fingerprint density at radius 2 is 1.93 bits per heavy atom. The summed E-state index contributed by atoms with van der Waals surface area (Å²) in [4.78, 5) is 25.4. The van der Waals surface area contributed by atoms with E-state index in [1.54, 1.807) is 31.0 Å². The number of nitriles is 1. The number of allylic oxidation sites excluding steroid dienone is 1. The summed E-state index contributed by atoms with van der Waals surface area (Å²) in [5.74, 6) is -0.0890. The first-order valence-corrected chi connectivity index (χ1v) is 8.70. The number of carbonyl (C=O) groups is 1. The number of benzene rings is 2. The number of nitro groups is 1. The highest BCUT2D eigenvalue weighted by Crippen LogP contribution is 2.33. The molecule has 0 aliphatic rings. The van der Waals surface area contributed by atoms with E-state index in [-0.39, 0.29) is 16.8 Å². The fourth-order valence-corrected chi connectivity index (χ4v) is 2.93. The van der Waals surface area contributed by atoms with Crippen molar-refractivity contribution in [1.82, 2.24) is 0 Å². The monoisotopic (exact) mass is 387 g/mol. The van der Waals surface area contributed by atoms with Gasteiger partial charge < -0.3 is 9.32 Å². The van der Waals surface area contributed by atoms with Crippen LogP contribution in [-0.2, 0) is 0 Å². The second-order valence-electron chi connectivity index (χ2n) is 6.29. The largest absolute Gasteiger partial charge is 0.469 e. The molecule has 0 aliphatic carbocycles. The molecule has 0 spiro atoms. The van der Waals surface area contributed by atoms with Crippen molar-refractivity contribution in [2.45, 2.75) is 6.92 Å². The number of para-hydroxylation sites is 1. The summed E-state index contributed by atoms with van der Waals surface area (Å²) in [6.45, 7) is 1.63. The summed E-state index contributed by atoms with van der Waals surface area (Å²) in [5.41, 5.74) is 1.60. The Kier molecular flexibility index (Phi) is 5.56. The Balaban J connectivity index is 2.01. The molecule has 0 amide bonds. The highest BCUT2D eigenvalue weighted by atomic mass is 16.6. The first-order valence-electron chi connectivity index (χ1n) is 8.70. The molecule has 0 bridgehead atoms. The Labute approximate surface area is 167 Å². The highest BCUT2D eigenvalue weighted by Gasteiger charge is 2.20. The number of aryl methyl sites for hydroxylation is 1. The fraction of sp³-hybridized carbons (Fsp3) is 0.0909. The van der Waals surface area contributed by atoms with Crippen LogP contribution in [0.2, 0.25) is 0 Å². The Hall–Kier alpha value is -4.18. The Morgan fingerprint density at radius 3 is 2.52 bits per heavy atom. The molecule has 0 N–H and O–H groups in total. The van der Waals surface area contributed by atoms with Gasteiger partial charge in [-0.15, -0.1) is 0 Å². The molecule has 1 heterocycles. The molecule has 0 radical (unpaired) electrons. The van der Waals surface area contributed by atoms with Crippen molar-refractivity contribution in [1.29, 1.82) is 5.26 Å². The van der Waals surface area contributed by atoms with Gasteiger partial charge in [-0.05, 0) is 42.8 Å². The number of rotatable bonds is 6. The van der Waals surface area contributed by atoms with Crippen LogP contribution in [0.1, 0.15) is 21.7 Å². The topological polar surface area (TPSA) is 100 Å². The zero-order valence-corrected chi connectivity index (χ0v) is 15.8. The van der Waals surface area contributed by atoms with Gasteiger partial charge in [-0.1, -0.05) is 24.3 Å². The molecule has 0 atom stereocenters. The molecule has 0 aliphatic heterocycles. The van der Waals surface area contributed by atoms with E-state index >= 15 is 0 Å². The number of hydrogen-bond donors (Lipinski definition) is 0. The lowest BCUT2D eigenvalue weighted by molar-refractivity contribution is -0.384. The summed E-state index contributed by atoms with van der Waals surface area (Å²) in [6, 6.07) is 17.2. The summed E-state index contributed by atoms with van der Waals surface area (Å²) in [5, 5.41) is 21.0. The molecule has 7 nitrogen and oxygen atoms in total. The third kappa shape index (κ3) is 4.06. The van der Waals surface area contributed by atoms with E-state index in [2.05, 4.69) is 0 Å². The van der Waals surface area contributed by atoms with Crippen molar-refractivity contribution >= 4 is 28.9 Å². The van der Waals surface area contributed by atoms with Gasteiger partial charge in [-0.2, -0.15) is 5.26 Å². The van der Waals surface area contributed by atoms with Crippen molar-refractivity contribution in [3.05, 3.63) is 93.4 Å². The summed E-state index contributed by atoms with van der Waals surface area (Å²) >= 11 is 0. The molecule has 0 saturated heterocycles. The smallest absolute Gasteiger partial charge is 0.293 e. The van der Waals surface area contributed by atoms with E-state index in [0.717, 1.165) is 5.69 Å². The number of ketones is 1. The van der Waals surface area contributed by atoms with Crippen molar-refractivity contribution in [3.63, 3.8) is 0 Å². The van der Waals surface area contributed by atoms with Crippen LogP contribution in [-0.4, -0.2) is 17.8 Å². The first-order chi connectivity index (χ1) is 13.9. The molecule has 2 aromatic carbocycles. The van der Waals surface area contributed by atoms with Crippen LogP contribution in [0.25, 0.3) is 6.08 Å². The average Bonchev–Trinajstić information content (AvgIpc) is 3.17. The average molecular weight is 387 g/mol. The predicted octanol–water partition coefficient (Wildman–Crippen LogP) is 5.05. The van der Waals surface area contributed by atoms with E-state index in [0.29, 0.717) is 17.0 Å². The van der Waals surface area contributed by atoms with Crippen LogP contribution < -0.4 is 4.90 Å². The van der Waals surface area contributed by atoms with E-state index < -0.39 is 10.7 Å². The van der Waals surface area contributed by atoms with Crippen molar-refractivity contribution < 1.29 is 14.1 Å². The van der Waals surface area contributed by atoms with Crippen molar-refractivity contribution in [2.24, 2.45) is 0 Å². The molecule has 7 heteroatoms. The zero-order chi connectivity index (χ0) is 21.0. The first kappa shape index (κ1) is 19.6. The standard InChI is InChI=1S/C22H17N3O4/c1-15-19(10-11-29-15)22(26)17(14-23)12-16-8-9-20(21(13-16)25(27)28)24(2)18-6-4-3-5-7-18/h3-13H,1-2H3/b17-12+. The number of anilines is 2. The lowest BCUT2D eigenvalue weighted by atomic mass is 10.0. The lowest BCUT2D eigenvalue weighted by Gasteiger charge is -2.19. The third-order valence-corrected chi connectivity index (χ3v) is 4.48. The second kappa shape index (κ2) is 8.23. The quantitative estimate of drug-likeness (QED) is 0.193. The number of hydrogen-bond acceptors (Lipinski definition) is 6. The molecule has 3 aromatic rings. The zero-order valence-electron chi connectivity index (χ0n) is 15.8. The maximum atomic E-state index is 12.5. The summed E-state index contributed by atoms with van der Waals surface area (Å²) in [6.07, 6.45) is 2.71. The maximum absolute atomic E-state index is 12.5. The number of nitro benzene ring substituents is 1. The van der Waals surface area contributed by atoms with Gasteiger partial charge in [-0.25, -0.2) is 0 Å². The van der Waals surface area contributed by atoms with Crippen LogP contribution in [0.3, 0.4) is 0 Å². The minimum absolute atomic E-state index is 0.130. The minimum atomic E-state index is -0.494. The second-order valence-corrected chi connectivity index (χ2v) is 6.29. The van der Waals surface area contributed by atoms with Gasteiger partial charge in [0.15, 0.2) is 0 Å². The SMILES string of the molecule is Cc1occc1C(=O)/C(C#N)=C/c1ccc(N(C)c2ccccc2)c([N+](=O)[O-])c1. The molecular weight excluding hydrogens is 370 g/mol. The van der Waals surface area contributed by atoms with Crippen LogP contribution in [0, 0.1) is 28.4 Å². The highest BCUT2D eigenvalue weighted by molar-refractivity contribution is 6.14.